The Labute approximate surface area is 186 Å². The first-order valence-electron chi connectivity index (χ1n) is 10.0. The Bertz CT molecular complexity index is 894. The van der Waals surface area contributed by atoms with Crippen molar-refractivity contribution in [2.75, 3.05) is 33.6 Å². The van der Waals surface area contributed by atoms with Crippen molar-refractivity contribution in [3.8, 4) is 0 Å². The van der Waals surface area contributed by atoms with E-state index >= 15 is 0 Å². The molecule has 0 bridgehead atoms. The molecule has 1 fully saturated rings. The minimum atomic E-state index is -1.11. The number of aliphatic hydroxyl groups excluding tert-OH is 1. The summed E-state index contributed by atoms with van der Waals surface area (Å²) in [5, 5.41) is 12.8. The fourth-order valence-corrected chi connectivity index (χ4v) is 4.39. The Morgan fingerprint density at radius 1 is 1.26 bits per heavy atom. The van der Waals surface area contributed by atoms with Crippen molar-refractivity contribution in [3.63, 3.8) is 0 Å². The summed E-state index contributed by atoms with van der Waals surface area (Å²) >= 11 is 6.35. The number of hydrogen-bond donors (Lipinski definition) is 1. The predicted octanol–water partition coefficient (Wildman–Crippen LogP) is 2.96. The van der Waals surface area contributed by atoms with Crippen LogP contribution in [0, 0.1) is 13.8 Å². The summed E-state index contributed by atoms with van der Waals surface area (Å²) in [5.41, 5.74) is 1.08. The van der Waals surface area contributed by atoms with Crippen molar-refractivity contribution >= 4 is 29.2 Å². The number of halogens is 1. The van der Waals surface area contributed by atoms with Gasteiger partial charge in [-0.2, -0.15) is 5.06 Å². The topological polar surface area (TPSA) is 97.8 Å². The second-order valence-corrected chi connectivity index (χ2v) is 7.76. The average Bonchev–Trinajstić information content (AvgIpc) is 2.95. The third-order valence-corrected chi connectivity index (χ3v) is 6.15. The highest BCUT2D eigenvalue weighted by Crippen LogP contribution is 2.48. The molecule has 1 spiro atoms. The molecule has 0 aliphatic carbocycles. The monoisotopic (exact) mass is 454 g/mol. The van der Waals surface area contributed by atoms with E-state index < -0.39 is 24.4 Å². The number of ether oxygens (including phenoxy) is 2. The van der Waals surface area contributed by atoms with Crippen molar-refractivity contribution in [1.82, 2.24) is 10.1 Å². The zero-order valence-corrected chi connectivity index (χ0v) is 18.8. The van der Waals surface area contributed by atoms with Crippen LogP contribution in [0.15, 0.2) is 17.9 Å². The van der Waals surface area contributed by atoms with Gasteiger partial charge in [0.1, 0.15) is 5.54 Å². The van der Waals surface area contributed by atoms with E-state index in [2.05, 4.69) is 0 Å². The van der Waals surface area contributed by atoms with Gasteiger partial charge in [-0.1, -0.05) is 17.7 Å². The molecule has 0 atom stereocenters. The molecule has 2 heterocycles. The highest BCUT2D eigenvalue weighted by atomic mass is 35.5. The number of carbonyl (C=O) groups excluding carboxylic acids is 2. The Hall–Kier alpha value is -2.17. The number of carbonyl (C=O) groups is 2. The van der Waals surface area contributed by atoms with Crippen LogP contribution in [-0.4, -0.2) is 66.4 Å². The number of aliphatic hydroxyl groups is 1. The zero-order chi connectivity index (χ0) is 22.8. The van der Waals surface area contributed by atoms with Gasteiger partial charge in [-0.05, 0) is 56.4 Å². The van der Waals surface area contributed by atoms with Crippen LogP contribution in [0.2, 0.25) is 5.02 Å². The lowest BCUT2D eigenvalue weighted by Crippen LogP contribution is -2.55. The van der Waals surface area contributed by atoms with Gasteiger partial charge in [-0.15, -0.1) is 0 Å². The molecule has 2 aliphatic rings. The first-order valence-corrected chi connectivity index (χ1v) is 10.4. The molecule has 2 aliphatic heterocycles. The minimum Gasteiger partial charge on any atom is -0.434 e. The van der Waals surface area contributed by atoms with Gasteiger partial charge in [0.2, 0.25) is 0 Å². The van der Waals surface area contributed by atoms with Gasteiger partial charge in [-0.25, -0.2) is 14.7 Å². The molecule has 170 valence electrons. The summed E-state index contributed by atoms with van der Waals surface area (Å²) < 4.78 is 10.7. The van der Waals surface area contributed by atoms with Crippen LogP contribution in [0.5, 0.6) is 0 Å². The summed E-state index contributed by atoms with van der Waals surface area (Å²) in [7, 11) is 1.57. The molecule has 9 nitrogen and oxygen atoms in total. The van der Waals surface area contributed by atoms with Crippen molar-refractivity contribution in [2.45, 2.75) is 39.2 Å². The van der Waals surface area contributed by atoms with Crippen LogP contribution >= 0.6 is 11.6 Å². The maximum atomic E-state index is 13.6. The molecule has 0 radical (unpaired) electrons. The average molecular weight is 455 g/mol. The Morgan fingerprint density at radius 2 is 1.94 bits per heavy atom. The fourth-order valence-electron chi connectivity index (χ4n) is 4.23. The molecule has 1 amide bonds. The van der Waals surface area contributed by atoms with Crippen molar-refractivity contribution in [1.29, 1.82) is 0 Å². The SMILES string of the molecule is CCOC(=O)OC1=C(c2c(C)ccc(Cl)c2C)C(=O)N(OCO)C12CCN(OC)CC2. The molecular weight excluding hydrogens is 428 g/mol. The molecule has 0 aromatic heterocycles. The largest absolute Gasteiger partial charge is 0.513 e. The maximum absolute atomic E-state index is 13.6. The summed E-state index contributed by atoms with van der Waals surface area (Å²) in [4.78, 5) is 36.7. The third kappa shape index (κ3) is 4.16. The molecule has 0 unspecified atom stereocenters. The second-order valence-electron chi connectivity index (χ2n) is 7.35. The van der Waals surface area contributed by atoms with Crippen LogP contribution in [0.4, 0.5) is 4.79 Å². The number of rotatable bonds is 6. The number of aryl methyl sites for hydroxylation is 1. The number of piperidine rings is 1. The first kappa shape index (κ1) is 23.5. The first-order chi connectivity index (χ1) is 14.8. The van der Waals surface area contributed by atoms with Crippen LogP contribution in [-0.2, 0) is 23.9 Å². The smallest absolute Gasteiger partial charge is 0.434 e. The number of hydroxylamine groups is 4. The van der Waals surface area contributed by atoms with E-state index in [1.54, 1.807) is 38.2 Å². The van der Waals surface area contributed by atoms with Gasteiger partial charge in [0.25, 0.3) is 5.91 Å². The van der Waals surface area contributed by atoms with Crippen LogP contribution in [0.3, 0.4) is 0 Å². The van der Waals surface area contributed by atoms with E-state index in [0.29, 0.717) is 42.1 Å². The van der Waals surface area contributed by atoms with Gasteiger partial charge in [0.05, 0.1) is 19.3 Å². The standard InChI is InChI=1S/C21H27ClN2O7/c1-5-29-20(27)31-18-17(16-13(2)6-7-15(22)14(16)3)19(26)24(30-12-25)21(18)8-10-23(28-4)11-9-21/h6-7,25H,5,8-12H2,1-4H3. The lowest BCUT2D eigenvalue weighted by atomic mass is 9.85. The van der Waals surface area contributed by atoms with E-state index in [4.69, 9.17) is 30.7 Å². The highest BCUT2D eigenvalue weighted by Gasteiger charge is 2.57. The van der Waals surface area contributed by atoms with Crippen LogP contribution < -0.4 is 0 Å². The lowest BCUT2D eigenvalue weighted by Gasteiger charge is -2.43. The molecule has 1 aromatic rings. The van der Waals surface area contributed by atoms with E-state index in [1.165, 1.54) is 0 Å². The second kappa shape index (κ2) is 9.54. The fraction of sp³-hybridized carbons (Fsp3) is 0.524. The van der Waals surface area contributed by atoms with Crippen molar-refractivity contribution in [2.24, 2.45) is 0 Å². The quantitative estimate of drug-likeness (QED) is 0.517. The lowest BCUT2D eigenvalue weighted by molar-refractivity contribution is -0.256. The molecule has 1 saturated heterocycles. The summed E-state index contributed by atoms with van der Waals surface area (Å²) in [5.74, 6) is -0.388. The van der Waals surface area contributed by atoms with Gasteiger partial charge < -0.3 is 19.4 Å². The van der Waals surface area contributed by atoms with E-state index in [1.807, 2.05) is 6.92 Å². The number of amides is 1. The van der Waals surface area contributed by atoms with Gasteiger partial charge >= 0.3 is 6.16 Å². The molecule has 1 N–H and O–H groups in total. The Balaban J connectivity index is 2.23. The van der Waals surface area contributed by atoms with Gasteiger partial charge in [0, 0.05) is 18.1 Å². The maximum Gasteiger partial charge on any atom is 0.513 e. The number of benzene rings is 1. The zero-order valence-electron chi connectivity index (χ0n) is 18.1. The molecular formula is C21H27ClN2O7. The van der Waals surface area contributed by atoms with Crippen molar-refractivity contribution < 1.29 is 33.8 Å². The van der Waals surface area contributed by atoms with Crippen LogP contribution in [0.1, 0.15) is 36.5 Å². The Kier molecular flexibility index (Phi) is 7.23. The number of nitrogens with zero attached hydrogens (tertiary/aromatic N) is 2. The summed E-state index contributed by atoms with van der Waals surface area (Å²) in [6.45, 7) is 5.60. The third-order valence-electron chi connectivity index (χ3n) is 5.74. The molecule has 3 rings (SSSR count). The van der Waals surface area contributed by atoms with Gasteiger partial charge in [-0.3, -0.25) is 4.79 Å². The summed E-state index contributed by atoms with van der Waals surface area (Å²) in [6.07, 6.45) is -0.216. The highest BCUT2D eigenvalue weighted by molar-refractivity contribution is 6.32. The molecule has 0 saturated carbocycles. The minimum absolute atomic E-state index is 0.117. The van der Waals surface area contributed by atoms with E-state index in [0.717, 1.165) is 10.6 Å². The predicted molar refractivity (Wildman–Crippen MR) is 112 cm³/mol. The summed E-state index contributed by atoms with van der Waals surface area (Å²) in [6, 6.07) is 3.54. The van der Waals surface area contributed by atoms with Crippen molar-refractivity contribution in [3.05, 3.63) is 39.6 Å². The molecule has 1 aromatic carbocycles. The normalized spacial score (nSPS) is 18.8. The van der Waals surface area contributed by atoms with E-state index in [-0.39, 0.29) is 17.9 Å². The van der Waals surface area contributed by atoms with Crippen LogP contribution in [0.25, 0.3) is 5.57 Å². The molecule has 31 heavy (non-hydrogen) atoms. The number of hydrogen-bond acceptors (Lipinski definition) is 8. The molecule has 10 heteroatoms. The Morgan fingerprint density at radius 3 is 2.52 bits per heavy atom. The van der Waals surface area contributed by atoms with Gasteiger partial charge in [0.15, 0.2) is 12.6 Å². The van der Waals surface area contributed by atoms with E-state index in [9.17, 15) is 14.7 Å².